The molecule has 1 aromatic rings. The fraction of sp³-hybridized carbons (Fsp3) is 0. The maximum Gasteiger partial charge on any atom is 0.115 e. The summed E-state index contributed by atoms with van der Waals surface area (Å²) in [4.78, 5) is 0.922. The van der Waals surface area contributed by atoms with E-state index in [1.807, 2.05) is 0 Å². The molecule has 0 atom stereocenters. The first-order valence-corrected chi connectivity index (χ1v) is 4.71. The van der Waals surface area contributed by atoms with E-state index in [9.17, 15) is 0 Å². The standard InChI is InChI=1S/C6H6O2S2/c7-5-1-3-6(4-2-5)9-10-8/h1-4,7-8H. The highest BCUT2D eigenvalue weighted by atomic mass is 33.1. The fourth-order valence-electron chi connectivity index (χ4n) is 0.545. The molecule has 0 aliphatic rings. The van der Waals surface area contributed by atoms with E-state index in [-0.39, 0.29) is 5.75 Å². The van der Waals surface area contributed by atoms with Crippen LogP contribution < -0.4 is 0 Å². The van der Waals surface area contributed by atoms with Crippen molar-refractivity contribution in [3.05, 3.63) is 24.3 Å². The molecule has 0 fully saturated rings. The lowest BCUT2D eigenvalue weighted by atomic mass is 10.3. The number of phenolic OH excluding ortho intramolecular Hbond substituents is 1. The van der Waals surface area contributed by atoms with Gasteiger partial charge in [0.25, 0.3) is 0 Å². The van der Waals surface area contributed by atoms with Crippen molar-refractivity contribution in [1.29, 1.82) is 0 Å². The van der Waals surface area contributed by atoms with Crippen molar-refractivity contribution in [1.82, 2.24) is 0 Å². The van der Waals surface area contributed by atoms with Crippen LogP contribution in [0.3, 0.4) is 0 Å². The predicted octanol–water partition coefficient (Wildman–Crippen LogP) is 2.61. The van der Waals surface area contributed by atoms with E-state index in [0.717, 1.165) is 4.90 Å². The molecule has 0 aromatic heterocycles. The van der Waals surface area contributed by atoms with Gasteiger partial charge in [0.2, 0.25) is 0 Å². The molecule has 0 bridgehead atoms. The highest BCUT2D eigenvalue weighted by Crippen LogP contribution is 2.28. The monoisotopic (exact) mass is 174 g/mol. The second-order valence-electron chi connectivity index (χ2n) is 1.65. The van der Waals surface area contributed by atoms with Gasteiger partial charge in [-0.1, -0.05) is 0 Å². The maximum atomic E-state index is 8.85. The molecule has 2 N–H and O–H groups in total. The first-order chi connectivity index (χ1) is 4.83. The van der Waals surface area contributed by atoms with E-state index in [1.165, 1.54) is 10.8 Å². The van der Waals surface area contributed by atoms with Gasteiger partial charge in [-0.3, -0.25) is 0 Å². The number of benzene rings is 1. The molecule has 0 heterocycles. The van der Waals surface area contributed by atoms with Crippen molar-refractivity contribution < 1.29 is 9.66 Å². The van der Waals surface area contributed by atoms with Crippen LogP contribution in [0.2, 0.25) is 0 Å². The van der Waals surface area contributed by atoms with Gasteiger partial charge in [-0.05, 0) is 35.1 Å². The summed E-state index contributed by atoms with van der Waals surface area (Å²) < 4.78 is 8.41. The van der Waals surface area contributed by atoms with Crippen LogP contribution in [0, 0.1) is 0 Å². The largest absolute Gasteiger partial charge is 0.508 e. The van der Waals surface area contributed by atoms with Gasteiger partial charge in [0, 0.05) is 4.90 Å². The Bertz CT molecular complexity index is 197. The van der Waals surface area contributed by atoms with E-state index in [0.29, 0.717) is 11.1 Å². The van der Waals surface area contributed by atoms with E-state index in [1.54, 1.807) is 24.3 Å². The molecule has 4 heteroatoms. The lowest BCUT2D eigenvalue weighted by Gasteiger charge is -1.94. The molecular formula is C6H6O2S2. The zero-order chi connectivity index (χ0) is 7.40. The molecule has 0 spiro atoms. The normalized spacial score (nSPS) is 9.70. The van der Waals surface area contributed by atoms with Gasteiger partial charge in [0.05, 0.1) is 11.1 Å². The highest BCUT2D eigenvalue weighted by molar-refractivity contribution is 8.74. The molecule has 0 aliphatic carbocycles. The summed E-state index contributed by atoms with van der Waals surface area (Å²) in [6, 6.07) is 6.64. The topological polar surface area (TPSA) is 40.5 Å². The molecule has 54 valence electrons. The predicted molar refractivity (Wildman–Crippen MR) is 44.2 cm³/mol. The zero-order valence-electron chi connectivity index (χ0n) is 5.02. The summed E-state index contributed by atoms with van der Waals surface area (Å²) >= 11 is 0.696. The molecule has 10 heavy (non-hydrogen) atoms. The van der Waals surface area contributed by atoms with Crippen molar-refractivity contribution in [2.24, 2.45) is 0 Å². The molecule has 0 amide bonds. The van der Waals surface area contributed by atoms with E-state index >= 15 is 0 Å². The molecule has 1 rings (SSSR count). The average Bonchev–Trinajstić information content (AvgIpc) is 1.95. The first kappa shape index (κ1) is 7.78. The molecule has 0 saturated heterocycles. The third kappa shape index (κ3) is 2.13. The molecule has 0 saturated carbocycles. The summed E-state index contributed by atoms with van der Waals surface area (Å²) in [6.07, 6.45) is 0. The Hall–Kier alpha value is -0.320. The van der Waals surface area contributed by atoms with Crippen molar-refractivity contribution >= 4 is 21.9 Å². The van der Waals surface area contributed by atoms with E-state index in [4.69, 9.17) is 9.66 Å². The van der Waals surface area contributed by atoms with E-state index < -0.39 is 0 Å². The summed E-state index contributed by atoms with van der Waals surface area (Å²) in [7, 11) is 1.25. The lowest BCUT2D eigenvalue weighted by Crippen LogP contribution is -1.65. The minimum absolute atomic E-state index is 0.243. The van der Waals surface area contributed by atoms with Crippen molar-refractivity contribution in [3.63, 3.8) is 0 Å². The van der Waals surface area contributed by atoms with Crippen LogP contribution in [0.4, 0.5) is 0 Å². The van der Waals surface area contributed by atoms with Crippen LogP contribution >= 0.6 is 21.9 Å². The third-order valence-electron chi connectivity index (χ3n) is 0.970. The maximum absolute atomic E-state index is 8.85. The summed E-state index contributed by atoms with van der Waals surface area (Å²) in [6.45, 7) is 0. The van der Waals surface area contributed by atoms with Crippen LogP contribution in [0.1, 0.15) is 0 Å². The molecule has 0 radical (unpaired) electrons. The third-order valence-corrected chi connectivity index (χ3v) is 2.31. The average molecular weight is 174 g/mol. The van der Waals surface area contributed by atoms with Gasteiger partial charge in [-0.25, -0.2) is 0 Å². The first-order valence-electron chi connectivity index (χ1n) is 2.60. The summed E-state index contributed by atoms with van der Waals surface area (Å²) in [5.41, 5.74) is 0. The Morgan fingerprint density at radius 1 is 1.10 bits per heavy atom. The van der Waals surface area contributed by atoms with Crippen LogP contribution in [0.25, 0.3) is 0 Å². The van der Waals surface area contributed by atoms with Crippen LogP contribution in [-0.2, 0) is 0 Å². The van der Waals surface area contributed by atoms with Gasteiger partial charge in [0.1, 0.15) is 5.75 Å². The van der Waals surface area contributed by atoms with Crippen LogP contribution in [-0.4, -0.2) is 9.66 Å². The van der Waals surface area contributed by atoms with Gasteiger partial charge in [0.15, 0.2) is 0 Å². The SMILES string of the molecule is OSSc1ccc(O)cc1. The Morgan fingerprint density at radius 3 is 2.20 bits per heavy atom. The number of aromatic hydroxyl groups is 1. The Labute approximate surface area is 66.9 Å². The van der Waals surface area contributed by atoms with Crippen LogP contribution in [0.5, 0.6) is 5.75 Å². The fourth-order valence-corrected chi connectivity index (χ4v) is 1.47. The number of phenols is 1. The van der Waals surface area contributed by atoms with Gasteiger partial charge in [-0.15, -0.1) is 0 Å². The van der Waals surface area contributed by atoms with Crippen molar-refractivity contribution in [3.8, 4) is 5.75 Å². The van der Waals surface area contributed by atoms with Crippen LogP contribution in [0.15, 0.2) is 29.2 Å². The second-order valence-corrected chi connectivity index (χ2v) is 3.39. The van der Waals surface area contributed by atoms with Gasteiger partial charge in [-0.2, -0.15) is 0 Å². The van der Waals surface area contributed by atoms with Gasteiger partial charge >= 0.3 is 0 Å². The Balaban J connectivity index is 2.69. The number of hydrogen-bond acceptors (Lipinski definition) is 4. The molecule has 1 aromatic carbocycles. The number of hydrogen-bond donors (Lipinski definition) is 2. The molecule has 2 nitrogen and oxygen atoms in total. The van der Waals surface area contributed by atoms with E-state index in [2.05, 4.69) is 0 Å². The van der Waals surface area contributed by atoms with Gasteiger partial charge < -0.3 is 9.66 Å². The zero-order valence-corrected chi connectivity index (χ0v) is 6.65. The smallest absolute Gasteiger partial charge is 0.115 e. The minimum Gasteiger partial charge on any atom is -0.508 e. The second kappa shape index (κ2) is 3.75. The molecule has 0 unspecified atom stereocenters. The molecular weight excluding hydrogens is 168 g/mol. The molecule has 0 aliphatic heterocycles. The number of rotatable bonds is 2. The Kier molecular flexibility index (Phi) is 2.92. The summed E-state index contributed by atoms with van der Waals surface area (Å²) in [5.74, 6) is 0.243. The lowest BCUT2D eigenvalue weighted by molar-refractivity contribution is 0.475. The highest BCUT2D eigenvalue weighted by Gasteiger charge is 1.91. The Morgan fingerprint density at radius 2 is 1.70 bits per heavy atom. The minimum atomic E-state index is 0.243. The van der Waals surface area contributed by atoms with Crippen molar-refractivity contribution in [2.45, 2.75) is 4.90 Å². The summed E-state index contributed by atoms with van der Waals surface area (Å²) in [5, 5.41) is 8.85. The quantitative estimate of drug-likeness (QED) is 0.534. The van der Waals surface area contributed by atoms with Crippen molar-refractivity contribution in [2.75, 3.05) is 0 Å².